The largest absolute Gasteiger partial charge is 0.506 e. The second-order valence-electron chi connectivity index (χ2n) is 5.67. The van der Waals surface area contributed by atoms with Crippen molar-refractivity contribution in [3.8, 4) is 5.75 Å². The number of amides is 2. The molecule has 5 N–H and O–H groups in total. The van der Waals surface area contributed by atoms with Crippen molar-refractivity contribution < 1.29 is 23.1 Å². The van der Waals surface area contributed by atoms with Crippen LogP contribution in [0.1, 0.15) is 11.1 Å². The fourth-order valence-electron chi connectivity index (χ4n) is 2.17. The van der Waals surface area contributed by atoms with E-state index in [0.717, 1.165) is 11.1 Å². The third-order valence-corrected chi connectivity index (χ3v) is 4.49. The topological polar surface area (TPSA) is 139 Å². The molecule has 0 saturated carbocycles. The number of nitrogens with two attached hydrogens (primary N) is 1. The maximum atomic E-state index is 11.8. The van der Waals surface area contributed by atoms with E-state index in [2.05, 4.69) is 10.6 Å². The molecule has 9 heteroatoms. The summed E-state index contributed by atoms with van der Waals surface area (Å²) in [7, 11) is -3.74. The van der Waals surface area contributed by atoms with Crippen molar-refractivity contribution in [3.05, 3.63) is 53.6 Å². The number of rotatable bonds is 5. The molecule has 0 bridgehead atoms. The lowest BCUT2D eigenvalue weighted by Crippen LogP contribution is -2.36. The van der Waals surface area contributed by atoms with Gasteiger partial charge in [-0.2, -0.15) is 0 Å². The van der Waals surface area contributed by atoms with Crippen LogP contribution in [0.2, 0.25) is 0 Å². The average Bonchev–Trinajstić information content (AvgIpc) is 2.57. The van der Waals surface area contributed by atoms with Gasteiger partial charge < -0.3 is 15.7 Å². The van der Waals surface area contributed by atoms with E-state index < -0.39 is 21.8 Å². The Kier molecular flexibility index (Phi) is 5.96. The highest BCUT2D eigenvalue weighted by atomic mass is 32.2. The van der Waals surface area contributed by atoms with Gasteiger partial charge in [-0.3, -0.25) is 9.59 Å². The van der Waals surface area contributed by atoms with E-state index in [1.807, 2.05) is 0 Å². The van der Waals surface area contributed by atoms with Crippen LogP contribution in [0.15, 0.2) is 47.4 Å². The molecule has 0 aliphatic heterocycles. The molecule has 2 rings (SSSR count). The van der Waals surface area contributed by atoms with Crippen molar-refractivity contribution in [2.75, 3.05) is 11.9 Å². The monoisotopic (exact) mass is 377 g/mol. The Morgan fingerprint density at radius 3 is 2.31 bits per heavy atom. The third-order valence-electron chi connectivity index (χ3n) is 3.56. The first-order chi connectivity index (χ1) is 12.2. The Balaban J connectivity index is 1.85. The van der Waals surface area contributed by atoms with E-state index in [1.165, 1.54) is 24.3 Å². The summed E-state index contributed by atoms with van der Waals surface area (Å²) in [5.41, 5.74) is 1.74. The molecule has 2 aromatic rings. The number of aryl methyl sites for hydroxylation is 1. The zero-order chi connectivity index (χ0) is 19.3. The van der Waals surface area contributed by atoms with Gasteiger partial charge in [0.1, 0.15) is 5.75 Å². The van der Waals surface area contributed by atoms with Gasteiger partial charge in [-0.25, -0.2) is 13.6 Å². The number of aromatic hydroxyl groups is 1. The van der Waals surface area contributed by atoms with E-state index in [0.29, 0.717) is 6.42 Å². The Hall–Kier alpha value is -2.91. The Labute approximate surface area is 151 Å². The Bertz CT molecular complexity index is 924. The summed E-state index contributed by atoms with van der Waals surface area (Å²) >= 11 is 0. The summed E-state index contributed by atoms with van der Waals surface area (Å²) in [4.78, 5) is 23.6. The summed E-state index contributed by atoms with van der Waals surface area (Å²) in [5.74, 6) is -1.86. The van der Waals surface area contributed by atoms with Crippen LogP contribution in [0.4, 0.5) is 5.69 Å². The van der Waals surface area contributed by atoms with Crippen LogP contribution in [-0.2, 0) is 26.0 Å². The van der Waals surface area contributed by atoms with Crippen LogP contribution in [0.5, 0.6) is 5.75 Å². The summed E-state index contributed by atoms with van der Waals surface area (Å²) in [6, 6.07) is 10.6. The summed E-state index contributed by atoms with van der Waals surface area (Å²) in [6.45, 7) is 1.97. The summed E-state index contributed by atoms with van der Waals surface area (Å²) < 4.78 is 22.3. The molecular weight excluding hydrogens is 358 g/mol. The minimum Gasteiger partial charge on any atom is -0.506 e. The fourth-order valence-corrected chi connectivity index (χ4v) is 2.69. The van der Waals surface area contributed by atoms with Crippen molar-refractivity contribution in [2.45, 2.75) is 18.2 Å². The van der Waals surface area contributed by atoms with Gasteiger partial charge in [-0.05, 0) is 48.7 Å². The average molecular weight is 377 g/mol. The first-order valence-electron chi connectivity index (χ1n) is 7.67. The van der Waals surface area contributed by atoms with Crippen LogP contribution in [0, 0.1) is 6.92 Å². The number of carbonyl (C=O) groups is 2. The molecule has 0 aliphatic carbocycles. The number of phenols is 1. The van der Waals surface area contributed by atoms with Crippen molar-refractivity contribution in [1.82, 2.24) is 5.32 Å². The van der Waals surface area contributed by atoms with Crippen molar-refractivity contribution in [2.24, 2.45) is 5.14 Å². The summed E-state index contributed by atoms with van der Waals surface area (Å²) in [6.07, 6.45) is 0.402. The van der Waals surface area contributed by atoms with Crippen molar-refractivity contribution in [3.63, 3.8) is 0 Å². The number of primary sulfonamides is 1. The quantitative estimate of drug-likeness (QED) is 0.447. The second kappa shape index (κ2) is 7.98. The molecule has 0 radical (unpaired) electrons. The maximum Gasteiger partial charge on any atom is 0.313 e. The fraction of sp³-hybridized carbons (Fsp3) is 0.176. The van der Waals surface area contributed by atoms with Gasteiger partial charge in [-0.1, -0.05) is 18.2 Å². The van der Waals surface area contributed by atoms with Crippen LogP contribution in [0.3, 0.4) is 0 Å². The molecule has 2 aromatic carbocycles. The molecular formula is C17H19N3O5S. The van der Waals surface area contributed by atoms with Gasteiger partial charge in [0.15, 0.2) is 0 Å². The lowest BCUT2D eigenvalue weighted by Gasteiger charge is -2.09. The van der Waals surface area contributed by atoms with Crippen LogP contribution < -0.4 is 15.8 Å². The predicted octanol–water partition coefficient (Wildman–Crippen LogP) is 0.645. The van der Waals surface area contributed by atoms with Crippen LogP contribution >= 0.6 is 0 Å². The van der Waals surface area contributed by atoms with Crippen LogP contribution in [-0.4, -0.2) is 31.9 Å². The predicted molar refractivity (Wildman–Crippen MR) is 96.0 cm³/mol. The van der Waals surface area contributed by atoms with Crippen molar-refractivity contribution >= 4 is 27.5 Å². The first-order valence-corrected chi connectivity index (χ1v) is 9.22. The molecule has 0 unspecified atom stereocenters. The SMILES string of the molecule is Cc1ccc(NC(=O)C(=O)NCCc2ccc(S(N)(=O)=O)cc2)c(O)c1. The molecule has 2 amide bonds. The van der Waals surface area contributed by atoms with E-state index in [4.69, 9.17) is 5.14 Å². The maximum absolute atomic E-state index is 11.8. The molecule has 0 atom stereocenters. The molecule has 0 spiro atoms. The van der Waals surface area contributed by atoms with Gasteiger partial charge in [0.25, 0.3) is 0 Å². The molecule has 26 heavy (non-hydrogen) atoms. The standard InChI is InChI=1S/C17H19N3O5S/c1-11-2-7-14(15(21)10-11)20-17(23)16(22)19-9-8-12-3-5-13(6-4-12)26(18,24)25/h2-7,10,21H,8-9H2,1H3,(H,19,22)(H,20,23)(H2,18,24,25). The van der Waals surface area contributed by atoms with Crippen LogP contribution in [0.25, 0.3) is 0 Å². The second-order valence-corrected chi connectivity index (χ2v) is 7.23. The van der Waals surface area contributed by atoms with Gasteiger partial charge in [0.2, 0.25) is 10.0 Å². The lowest BCUT2D eigenvalue weighted by molar-refractivity contribution is -0.136. The number of hydrogen-bond donors (Lipinski definition) is 4. The van der Waals surface area contributed by atoms with E-state index in [1.54, 1.807) is 25.1 Å². The van der Waals surface area contributed by atoms with Gasteiger partial charge in [-0.15, -0.1) is 0 Å². The van der Waals surface area contributed by atoms with Gasteiger partial charge in [0, 0.05) is 6.54 Å². The zero-order valence-corrected chi connectivity index (χ0v) is 14.8. The van der Waals surface area contributed by atoms with Gasteiger partial charge >= 0.3 is 11.8 Å². The van der Waals surface area contributed by atoms with Gasteiger partial charge in [0.05, 0.1) is 10.6 Å². The third kappa shape index (κ3) is 5.30. The lowest BCUT2D eigenvalue weighted by atomic mass is 10.1. The molecule has 138 valence electrons. The number of phenolic OH excluding ortho intramolecular Hbond substituents is 1. The highest BCUT2D eigenvalue weighted by Crippen LogP contribution is 2.23. The molecule has 0 saturated heterocycles. The van der Waals surface area contributed by atoms with Crippen molar-refractivity contribution in [1.29, 1.82) is 0 Å². The number of benzene rings is 2. The minimum absolute atomic E-state index is 0.00238. The molecule has 8 nitrogen and oxygen atoms in total. The molecule has 0 aromatic heterocycles. The normalized spacial score (nSPS) is 11.0. The zero-order valence-electron chi connectivity index (χ0n) is 14.0. The first kappa shape index (κ1) is 19.4. The van der Waals surface area contributed by atoms with E-state index >= 15 is 0 Å². The van der Waals surface area contributed by atoms with E-state index in [-0.39, 0.29) is 22.9 Å². The number of sulfonamides is 1. The number of hydrogen-bond acceptors (Lipinski definition) is 5. The Morgan fingerprint density at radius 1 is 1.08 bits per heavy atom. The molecule has 0 fully saturated rings. The molecule has 0 heterocycles. The number of anilines is 1. The molecule has 0 aliphatic rings. The van der Waals surface area contributed by atoms with E-state index in [9.17, 15) is 23.1 Å². The highest BCUT2D eigenvalue weighted by Gasteiger charge is 2.15. The highest BCUT2D eigenvalue weighted by molar-refractivity contribution is 7.89. The smallest absolute Gasteiger partial charge is 0.313 e. The summed E-state index contributed by atoms with van der Waals surface area (Å²) in [5, 5.41) is 19.5. The number of carbonyl (C=O) groups excluding carboxylic acids is 2. The number of nitrogens with one attached hydrogen (secondary N) is 2. The minimum atomic E-state index is -3.74. The Morgan fingerprint density at radius 2 is 1.73 bits per heavy atom.